The van der Waals surface area contributed by atoms with Crippen LogP contribution in [0.1, 0.15) is 33.4 Å². The Morgan fingerprint density at radius 2 is 1.45 bits per heavy atom. The molecule has 0 radical (unpaired) electrons. The second-order valence-electron chi connectivity index (χ2n) is 9.45. The zero-order valence-electron chi connectivity index (χ0n) is 19.4. The van der Waals surface area contributed by atoms with Gasteiger partial charge in [0.05, 0.1) is 16.9 Å². The van der Waals surface area contributed by atoms with Crippen molar-refractivity contribution < 1.29 is 27.6 Å². The summed E-state index contributed by atoms with van der Waals surface area (Å²) in [5.74, 6) is -3.52. The van der Waals surface area contributed by atoms with Crippen molar-refractivity contribution in [3.05, 3.63) is 47.5 Å². The normalized spacial score (nSPS) is 19.9. The summed E-state index contributed by atoms with van der Waals surface area (Å²) < 4.78 is 55.4. The SMILES string of the molecule is CC1(C)OB(c2ccc(N3CCN(c4c(F)nc(CCO)c(F)c4F)CC3)cc2)OC1(C)C. The second kappa shape index (κ2) is 8.81. The lowest BCUT2D eigenvalue weighted by Gasteiger charge is -2.37. The minimum absolute atomic E-state index is 0.240. The first kappa shape index (κ1) is 23.8. The molecule has 0 aliphatic carbocycles. The minimum Gasteiger partial charge on any atom is -0.399 e. The molecule has 0 bridgehead atoms. The Hall–Kier alpha value is -2.30. The Kier molecular flexibility index (Phi) is 6.37. The van der Waals surface area contributed by atoms with Crippen molar-refractivity contribution in [2.24, 2.45) is 0 Å². The van der Waals surface area contributed by atoms with Gasteiger partial charge < -0.3 is 24.2 Å². The topological polar surface area (TPSA) is 58.1 Å². The number of hydrogen-bond donors (Lipinski definition) is 1. The fourth-order valence-electron chi connectivity index (χ4n) is 4.09. The van der Waals surface area contributed by atoms with E-state index in [1.165, 1.54) is 4.90 Å². The third kappa shape index (κ3) is 4.43. The molecule has 4 rings (SSSR count). The molecule has 0 atom stereocenters. The predicted molar refractivity (Wildman–Crippen MR) is 121 cm³/mol. The number of pyridine rings is 1. The van der Waals surface area contributed by atoms with Crippen LogP contribution in [0.3, 0.4) is 0 Å². The van der Waals surface area contributed by atoms with Crippen molar-refractivity contribution >= 4 is 24.0 Å². The van der Waals surface area contributed by atoms with Crippen LogP contribution in [0.4, 0.5) is 24.5 Å². The summed E-state index contributed by atoms with van der Waals surface area (Å²) in [5.41, 5.74) is 0.203. The van der Waals surface area contributed by atoms with Crippen LogP contribution in [-0.4, -0.2) is 61.2 Å². The molecule has 2 aromatic rings. The van der Waals surface area contributed by atoms with Crippen LogP contribution in [0.25, 0.3) is 0 Å². The maximum absolute atomic E-state index is 14.5. The smallest absolute Gasteiger partial charge is 0.399 e. The molecule has 3 heterocycles. The first-order valence-corrected chi connectivity index (χ1v) is 11.1. The highest BCUT2D eigenvalue weighted by Gasteiger charge is 2.51. The van der Waals surface area contributed by atoms with E-state index in [1.807, 2.05) is 52.0 Å². The molecule has 6 nitrogen and oxygen atoms in total. The van der Waals surface area contributed by atoms with E-state index in [2.05, 4.69) is 9.88 Å². The van der Waals surface area contributed by atoms with Gasteiger partial charge in [-0.3, -0.25) is 0 Å². The summed E-state index contributed by atoms with van der Waals surface area (Å²) in [6, 6.07) is 7.87. The van der Waals surface area contributed by atoms with Gasteiger partial charge in [0, 0.05) is 44.9 Å². The number of hydrogen-bond acceptors (Lipinski definition) is 6. The Balaban J connectivity index is 1.42. The van der Waals surface area contributed by atoms with E-state index in [0.717, 1.165) is 11.2 Å². The number of piperazine rings is 1. The second-order valence-corrected chi connectivity index (χ2v) is 9.45. The number of halogens is 3. The lowest BCUT2D eigenvalue weighted by atomic mass is 9.79. The highest BCUT2D eigenvalue weighted by atomic mass is 19.2. The van der Waals surface area contributed by atoms with Crippen molar-refractivity contribution in [1.29, 1.82) is 0 Å². The molecular formula is C23H29BF3N3O3. The monoisotopic (exact) mass is 463 g/mol. The molecule has 2 aliphatic rings. The zero-order valence-corrected chi connectivity index (χ0v) is 19.4. The van der Waals surface area contributed by atoms with Crippen LogP contribution in [0.5, 0.6) is 0 Å². The van der Waals surface area contributed by atoms with Gasteiger partial charge in [-0.1, -0.05) is 12.1 Å². The van der Waals surface area contributed by atoms with Gasteiger partial charge in [0.2, 0.25) is 5.95 Å². The quantitative estimate of drug-likeness (QED) is 0.544. The van der Waals surface area contributed by atoms with Crippen molar-refractivity contribution in [2.45, 2.75) is 45.3 Å². The van der Waals surface area contributed by atoms with Crippen LogP contribution in [0.15, 0.2) is 24.3 Å². The molecule has 1 aromatic heterocycles. The molecule has 1 N–H and O–H groups in total. The van der Waals surface area contributed by atoms with Gasteiger partial charge in [-0.05, 0) is 45.3 Å². The van der Waals surface area contributed by atoms with Gasteiger partial charge >= 0.3 is 7.12 Å². The van der Waals surface area contributed by atoms with E-state index in [1.54, 1.807) is 0 Å². The van der Waals surface area contributed by atoms with Crippen LogP contribution >= 0.6 is 0 Å². The van der Waals surface area contributed by atoms with E-state index in [4.69, 9.17) is 14.4 Å². The van der Waals surface area contributed by atoms with Gasteiger partial charge in [0.25, 0.3) is 0 Å². The summed E-state index contributed by atoms with van der Waals surface area (Å²) in [4.78, 5) is 7.10. The van der Waals surface area contributed by atoms with Crippen LogP contribution < -0.4 is 15.3 Å². The van der Waals surface area contributed by atoms with Crippen LogP contribution in [-0.2, 0) is 15.7 Å². The fourth-order valence-corrected chi connectivity index (χ4v) is 4.09. The van der Waals surface area contributed by atoms with Crippen molar-refractivity contribution in [3.8, 4) is 0 Å². The number of aliphatic hydroxyl groups excluding tert-OH is 1. The first-order valence-electron chi connectivity index (χ1n) is 11.1. The highest BCUT2D eigenvalue weighted by Crippen LogP contribution is 2.36. The van der Waals surface area contributed by atoms with E-state index in [0.29, 0.717) is 26.2 Å². The Bertz CT molecular complexity index is 996. The molecule has 1 aromatic carbocycles. The molecule has 0 spiro atoms. The molecule has 2 saturated heterocycles. The average Bonchev–Trinajstić information content (AvgIpc) is 2.99. The highest BCUT2D eigenvalue weighted by molar-refractivity contribution is 6.62. The number of aliphatic hydroxyl groups is 1. The fraction of sp³-hybridized carbons (Fsp3) is 0.522. The summed E-state index contributed by atoms with van der Waals surface area (Å²) in [7, 11) is -0.442. The Labute approximate surface area is 192 Å². The molecule has 2 fully saturated rings. The van der Waals surface area contributed by atoms with Gasteiger partial charge in [0.1, 0.15) is 5.69 Å². The Morgan fingerprint density at radius 3 is 2.00 bits per heavy atom. The van der Waals surface area contributed by atoms with Crippen LogP contribution in [0, 0.1) is 17.6 Å². The average molecular weight is 463 g/mol. The van der Waals surface area contributed by atoms with E-state index >= 15 is 0 Å². The van der Waals surface area contributed by atoms with E-state index < -0.39 is 53.9 Å². The largest absolute Gasteiger partial charge is 0.494 e. The van der Waals surface area contributed by atoms with Crippen LogP contribution in [0.2, 0.25) is 0 Å². The standard InChI is InChI=1S/C23H29BF3N3O3/c1-22(2)23(3,4)33-24(32-22)15-5-7-16(8-6-15)29-10-12-30(13-11-29)20-19(26)18(25)17(9-14-31)28-21(20)27/h5-8,31H,9-14H2,1-4H3. The maximum atomic E-state index is 14.5. The van der Waals surface area contributed by atoms with Gasteiger partial charge in [-0.2, -0.15) is 4.39 Å². The van der Waals surface area contributed by atoms with Gasteiger partial charge in [0.15, 0.2) is 11.6 Å². The van der Waals surface area contributed by atoms with Crippen molar-refractivity contribution in [2.75, 3.05) is 42.6 Å². The van der Waals surface area contributed by atoms with Crippen molar-refractivity contribution in [3.63, 3.8) is 0 Å². The maximum Gasteiger partial charge on any atom is 0.494 e. The molecule has 0 unspecified atom stereocenters. The lowest BCUT2D eigenvalue weighted by molar-refractivity contribution is 0.00578. The number of rotatable bonds is 5. The molecule has 178 valence electrons. The summed E-state index contributed by atoms with van der Waals surface area (Å²) in [5, 5.41) is 8.92. The first-order chi connectivity index (χ1) is 15.5. The molecule has 10 heteroatoms. The number of aromatic nitrogens is 1. The third-order valence-corrected chi connectivity index (χ3v) is 6.81. The zero-order chi connectivity index (χ0) is 24.0. The summed E-state index contributed by atoms with van der Waals surface area (Å²) in [6.45, 7) is 9.24. The van der Waals surface area contributed by atoms with E-state index in [9.17, 15) is 13.2 Å². The number of nitrogens with zero attached hydrogens (tertiary/aromatic N) is 3. The summed E-state index contributed by atoms with van der Waals surface area (Å²) in [6.07, 6.45) is -0.240. The Morgan fingerprint density at radius 1 is 0.909 bits per heavy atom. The molecule has 2 aliphatic heterocycles. The molecule has 0 saturated carbocycles. The molecule has 0 amide bonds. The number of benzene rings is 1. The van der Waals surface area contributed by atoms with Gasteiger partial charge in [-0.15, -0.1) is 0 Å². The third-order valence-electron chi connectivity index (χ3n) is 6.81. The summed E-state index contributed by atoms with van der Waals surface area (Å²) >= 11 is 0. The van der Waals surface area contributed by atoms with Crippen molar-refractivity contribution in [1.82, 2.24) is 4.98 Å². The van der Waals surface area contributed by atoms with E-state index in [-0.39, 0.29) is 6.42 Å². The minimum atomic E-state index is -1.26. The molecular weight excluding hydrogens is 434 g/mol. The number of anilines is 2. The predicted octanol–water partition coefficient (Wildman–Crippen LogP) is 2.66. The lowest BCUT2D eigenvalue weighted by Crippen LogP contribution is -2.47. The molecule has 33 heavy (non-hydrogen) atoms. The van der Waals surface area contributed by atoms with Gasteiger partial charge in [-0.25, -0.2) is 13.8 Å².